The Kier molecular flexibility index (Phi) is 7.44. The van der Waals surface area contributed by atoms with Gasteiger partial charge in [0.2, 0.25) is 0 Å². The first kappa shape index (κ1) is 18.0. The second kappa shape index (κ2) is 9.08. The van der Waals surface area contributed by atoms with Gasteiger partial charge in [-0.15, -0.1) is 0 Å². The molecule has 0 bridgehead atoms. The first-order valence-corrected chi connectivity index (χ1v) is 7.52. The van der Waals surface area contributed by atoms with E-state index in [-0.39, 0.29) is 5.97 Å². The van der Waals surface area contributed by atoms with E-state index in [1.54, 1.807) is 19.2 Å². The number of hydrogen-bond acceptors (Lipinski definition) is 3. The number of carbonyl (C=O) groups is 1. The van der Waals surface area contributed by atoms with Crippen molar-refractivity contribution >= 4 is 5.97 Å². The first-order chi connectivity index (χ1) is 10.5. The number of rotatable bonds is 7. The number of allylic oxidation sites excluding steroid dienone is 4. The molecule has 0 spiro atoms. The normalized spacial score (nSPS) is 11.0. The summed E-state index contributed by atoms with van der Waals surface area (Å²) in [7, 11) is 2.99. The zero-order valence-electron chi connectivity index (χ0n) is 14.2. The van der Waals surface area contributed by atoms with Gasteiger partial charge in [-0.1, -0.05) is 29.4 Å². The van der Waals surface area contributed by atoms with Crippen LogP contribution in [0.25, 0.3) is 0 Å². The molecule has 0 N–H and O–H groups in total. The van der Waals surface area contributed by atoms with Gasteiger partial charge < -0.3 is 9.47 Å². The van der Waals surface area contributed by atoms with Gasteiger partial charge in [0.05, 0.1) is 19.8 Å². The van der Waals surface area contributed by atoms with Crippen LogP contribution in [0.5, 0.6) is 5.75 Å². The monoisotopic (exact) mass is 302 g/mol. The molecule has 0 atom stereocenters. The van der Waals surface area contributed by atoms with Crippen LogP contribution in [0.15, 0.2) is 41.5 Å². The zero-order chi connectivity index (χ0) is 16.5. The molecule has 3 heteroatoms. The molecule has 0 aromatic heterocycles. The molecular formula is C19H26O3. The Morgan fingerprint density at radius 3 is 2.45 bits per heavy atom. The summed E-state index contributed by atoms with van der Waals surface area (Å²) in [5, 5.41) is 0. The van der Waals surface area contributed by atoms with Crippen LogP contribution in [0.1, 0.15) is 49.5 Å². The van der Waals surface area contributed by atoms with Crippen molar-refractivity contribution in [2.24, 2.45) is 0 Å². The van der Waals surface area contributed by atoms with Crippen LogP contribution in [0, 0.1) is 0 Å². The Bertz CT molecular complexity index is 564. The van der Waals surface area contributed by atoms with Gasteiger partial charge in [-0.05, 0) is 57.7 Å². The lowest BCUT2D eigenvalue weighted by molar-refractivity contribution is 0.0600. The molecule has 1 aromatic carbocycles. The predicted octanol–water partition coefficient (Wildman–Crippen LogP) is 4.72. The number of esters is 1. The molecule has 0 saturated carbocycles. The summed E-state index contributed by atoms with van der Waals surface area (Å²) in [4.78, 5) is 11.5. The van der Waals surface area contributed by atoms with E-state index >= 15 is 0 Å². The summed E-state index contributed by atoms with van der Waals surface area (Å²) >= 11 is 0. The number of benzene rings is 1. The molecule has 0 fully saturated rings. The smallest absolute Gasteiger partial charge is 0.337 e. The largest absolute Gasteiger partial charge is 0.496 e. The highest BCUT2D eigenvalue weighted by molar-refractivity contribution is 5.89. The van der Waals surface area contributed by atoms with Crippen molar-refractivity contribution in [1.82, 2.24) is 0 Å². The SMILES string of the molecule is COC(=O)c1ccc(CC=C(C)CCC=C(C)C)c(OC)c1. The highest BCUT2D eigenvalue weighted by Gasteiger charge is 2.09. The lowest BCUT2D eigenvalue weighted by atomic mass is 10.0. The maximum atomic E-state index is 11.5. The molecule has 0 unspecified atom stereocenters. The summed E-state index contributed by atoms with van der Waals surface area (Å²) in [6, 6.07) is 5.43. The summed E-state index contributed by atoms with van der Waals surface area (Å²) < 4.78 is 10.1. The third-order valence-electron chi connectivity index (χ3n) is 3.47. The average molecular weight is 302 g/mol. The van der Waals surface area contributed by atoms with Crippen LogP contribution in [-0.4, -0.2) is 20.2 Å². The maximum Gasteiger partial charge on any atom is 0.337 e. The Balaban J connectivity index is 2.76. The van der Waals surface area contributed by atoms with Gasteiger partial charge in [0, 0.05) is 0 Å². The topological polar surface area (TPSA) is 35.5 Å². The highest BCUT2D eigenvalue weighted by Crippen LogP contribution is 2.22. The lowest BCUT2D eigenvalue weighted by Gasteiger charge is -2.09. The van der Waals surface area contributed by atoms with E-state index in [0.717, 1.165) is 30.6 Å². The number of methoxy groups -OCH3 is 2. The summed E-state index contributed by atoms with van der Waals surface area (Å²) in [5.41, 5.74) is 4.29. The molecule has 1 aromatic rings. The van der Waals surface area contributed by atoms with Crippen molar-refractivity contribution in [3.63, 3.8) is 0 Å². The van der Waals surface area contributed by atoms with E-state index in [9.17, 15) is 4.79 Å². The average Bonchev–Trinajstić information content (AvgIpc) is 2.51. The molecule has 3 nitrogen and oxygen atoms in total. The Hall–Kier alpha value is -2.03. The minimum Gasteiger partial charge on any atom is -0.496 e. The zero-order valence-corrected chi connectivity index (χ0v) is 14.2. The Labute approximate surface area is 133 Å². The van der Waals surface area contributed by atoms with Gasteiger partial charge in [-0.25, -0.2) is 4.79 Å². The molecule has 22 heavy (non-hydrogen) atoms. The van der Waals surface area contributed by atoms with Gasteiger partial charge in [-0.2, -0.15) is 0 Å². The molecule has 120 valence electrons. The molecule has 0 aliphatic carbocycles. The minimum absolute atomic E-state index is 0.349. The minimum atomic E-state index is -0.349. The van der Waals surface area contributed by atoms with Gasteiger partial charge in [0.15, 0.2) is 0 Å². The van der Waals surface area contributed by atoms with Gasteiger partial charge in [0.1, 0.15) is 5.75 Å². The van der Waals surface area contributed by atoms with Crippen molar-refractivity contribution in [3.8, 4) is 5.75 Å². The highest BCUT2D eigenvalue weighted by atomic mass is 16.5. The van der Waals surface area contributed by atoms with Crippen molar-refractivity contribution in [2.75, 3.05) is 14.2 Å². The van der Waals surface area contributed by atoms with Crippen LogP contribution >= 0.6 is 0 Å². The predicted molar refractivity (Wildman–Crippen MR) is 90.5 cm³/mol. The van der Waals surface area contributed by atoms with Gasteiger partial charge in [0.25, 0.3) is 0 Å². The fourth-order valence-corrected chi connectivity index (χ4v) is 2.13. The number of hydrogen-bond donors (Lipinski definition) is 0. The maximum absolute atomic E-state index is 11.5. The van der Waals surface area contributed by atoms with E-state index in [1.165, 1.54) is 18.3 Å². The van der Waals surface area contributed by atoms with E-state index in [2.05, 4.69) is 32.9 Å². The number of ether oxygens (including phenoxy) is 2. The molecule has 0 saturated heterocycles. The lowest BCUT2D eigenvalue weighted by Crippen LogP contribution is -2.02. The van der Waals surface area contributed by atoms with E-state index in [1.807, 2.05) is 6.07 Å². The molecule has 0 aliphatic heterocycles. The standard InChI is InChI=1S/C19H26O3/c1-14(2)7-6-8-15(3)9-10-16-11-12-17(19(20)22-5)13-18(16)21-4/h7,9,11-13H,6,8,10H2,1-5H3. The van der Waals surface area contributed by atoms with E-state index in [0.29, 0.717) is 5.56 Å². The van der Waals surface area contributed by atoms with E-state index < -0.39 is 0 Å². The molecule has 0 heterocycles. The summed E-state index contributed by atoms with van der Waals surface area (Å²) in [5.74, 6) is 0.370. The Morgan fingerprint density at radius 2 is 1.86 bits per heavy atom. The van der Waals surface area contributed by atoms with Crippen LogP contribution < -0.4 is 4.74 Å². The fourth-order valence-electron chi connectivity index (χ4n) is 2.13. The summed E-state index contributed by atoms with van der Waals surface area (Å²) in [6.07, 6.45) is 7.40. The molecule has 0 aliphatic rings. The number of carbonyl (C=O) groups excluding carboxylic acids is 1. The molecule has 0 amide bonds. The van der Waals surface area contributed by atoms with Crippen LogP contribution in [0.3, 0.4) is 0 Å². The van der Waals surface area contributed by atoms with Gasteiger partial charge >= 0.3 is 5.97 Å². The quantitative estimate of drug-likeness (QED) is 0.540. The third-order valence-corrected chi connectivity index (χ3v) is 3.47. The van der Waals surface area contributed by atoms with Crippen molar-refractivity contribution in [1.29, 1.82) is 0 Å². The second-order valence-corrected chi connectivity index (χ2v) is 5.59. The molecule has 1 rings (SSSR count). The second-order valence-electron chi connectivity index (χ2n) is 5.59. The van der Waals surface area contributed by atoms with Gasteiger partial charge in [-0.3, -0.25) is 0 Å². The van der Waals surface area contributed by atoms with Crippen molar-refractivity contribution < 1.29 is 14.3 Å². The molecular weight excluding hydrogens is 276 g/mol. The first-order valence-electron chi connectivity index (χ1n) is 7.52. The fraction of sp³-hybridized carbons (Fsp3) is 0.421. The summed E-state index contributed by atoms with van der Waals surface area (Å²) in [6.45, 7) is 6.38. The van der Waals surface area contributed by atoms with E-state index in [4.69, 9.17) is 9.47 Å². The van der Waals surface area contributed by atoms with Crippen molar-refractivity contribution in [3.05, 3.63) is 52.6 Å². The Morgan fingerprint density at radius 1 is 1.14 bits per heavy atom. The van der Waals surface area contributed by atoms with Crippen LogP contribution in [0.2, 0.25) is 0 Å². The van der Waals surface area contributed by atoms with Crippen LogP contribution in [-0.2, 0) is 11.2 Å². The van der Waals surface area contributed by atoms with Crippen LogP contribution in [0.4, 0.5) is 0 Å². The molecule has 0 radical (unpaired) electrons. The van der Waals surface area contributed by atoms with Crippen molar-refractivity contribution in [2.45, 2.75) is 40.0 Å². The third kappa shape index (κ3) is 5.76.